The minimum atomic E-state index is 0.0919. The zero-order valence-electron chi connectivity index (χ0n) is 28.4. The van der Waals surface area contributed by atoms with Crippen molar-refractivity contribution in [1.29, 1.82) is 0 Å². The molecule has 1 saturated heterocycles. The van der Waals surface area contributed by atoms with Crippen molar-refractivity contribution in [3.8, 4) is 22.5 Å². The summed E-state index contributed by atoms with van der Waals surface area (Å²) >= 11 is 1.75. The lowest BCUT2D eigenvalue weighted by Gasteiger charge is -2.27. The molecule has 1 aromatic carbocycles. The van der Waals surface area contributed by atoms with Crippen LogP contribution in [0.2, 0.25) is 0 Å². The molecule has 4 nitrogen and oxygen atoms in total. The summed E-state index contributed by atoms with van der Waals surface area (Å²) in [5.74, 6) is 0.943. The van der Waals surface area contributed by atoms with E-state index in [1.807, 2.05) is 6.08 Å². The smallest absolute Gasteiger partial charge is 0.0938 e. The molecule has 238 valence electrons. The van der Waals surface area contributed by atoms with Crippen LogP contribution in [0.3, 0.4) is 0 Å². The Hall–Kier alpha value is -3.28. The van der Waals surface area contributed by atoms with Gasteiger partial charge in [0.1, 0.15) is 0 Å². The van der Waals surface area contributed by atoms with Crippen molar-refractivity contribution < 1.29 is 0 Å². The van der Waals surface area contributed by atoms with E-state index in [1.54, 1.807) is 11.3 Å². The average molecular weight is 621 g/mol. The van der Waals surface area contributed by atoms with Gasteiger partial charge >= 0.3 is 0 Å². The van der Waals surface area contributed by atoms with Crippen LogP contribution in [-0.2, 0) is 19.4 Å². The number of benzene rings is 1. The molecule has 0 amide bonds. The number of piperidine rings is 1. The van der Waals surface area contributed by atoms with Gasteiger partial charge < -0.3 is 9.88 Å². The second-order valence-corrected chi connectivity index (χ2v) is 15.1. The molecule has 3 aromatic heterocycles. The van der Waals surface area contributed by atoms with Gasteiger partial charge in [-0.05, 0) is 118 Å². The van der Waals surface area contributed by atoms with Gasteiger partial charge in [-0.2, -0.15) is 0 Å². The maximum Gasteiger partial charge on any atom is 0.0938 e. The number of hydrogen-bond donors (Lipinski definition) is 1. The first-order valence-corrected chi connectivity index (χ1v) is 17.6. The van der Waals surface area contributed by atoms with Crippen LogP contribution in [0.5, 0.6) is 0 Å². The van der Waals surface area contributed by atoms with Crippen LogP contribution >= 0.6 is 11.3 Å². The Morgan fingerprint density at radius 1 is 1.18 bits per heavy atom. The van der Waals surface area contributed by atoms with Gasteiger partial charge in [0.2, 0.25) is 0 Å². The number of rotatable bonds is 13. The Morgan fingerprint density at radius 2 is 1.93 bits per heavy atom. The first-order valence-electron chi connectivity index (χ1n) is 16.7. The molecule has 5 rings (SSSR count). The standard InChI is InChI=1S/C40H52N4S/c1-10-28(7)20-37-43-35(25-45-37)30-12-13-36-32(21-30)34(23-40(8,9)17-14-26(3)4)39(44(36)11-2)33-22-31(24-42-38(33)27(5)6)29-15-18-41-19-16-29/h10,12-13,21-22,24-25,28-29,41H,1,3,5,11,14-20,23H2,2,4,6-9H3. The normalized spacial score (nSPS) is 15.0. The van der Waals surface area contributed by atoms with Gasteiger partial charge in [-0.15, -0.1) is 24.5 Å². The van der Waals surface area contributed by atoms with E-state index in [2.05, 4.69) is 107 Å². The molecule has 1 N–H and O–H groups in total. The Morgan fingerprint density at radius 3 is 2.60 bits per heavy atom. The molecular formula is C40H52N4S. The van der Waals surface area contributed by atoms with Crippen LogP contribution in [0, 0.1) is 11.3 Å². The molecule has 1 atom stereocenters. The first kappa shape index (κ1) is 33.1. The van der Waals surface area contributed by atoms with Gasteiger partial charge in [-0.25, -0.2) is 4.98 Å². The number of nitrogens with zero attached hydrogens (tertiary/aromatic N) is 3. The predicted octanol–water partition coefficient (Wildman–Crippen LogP) is 10.6. The maximum absolute atomic E-state index is 5.11. The number of hydrogen-bond acceptors (Lipinski definition) is 4. The molecule has 5 heteroatoms. The number of nitrogens with one attached hydrogen (secondary N) is 1. The van der Waals surface area contributed by atoms with Gasteiger partial charge in [0.25, 0.3) is 0 Å². The minimum Gasteiger partial charge on any atom is -0.340 e. The highest BCUT2D eigenvalue weighted by atomic mass is 32.1. The summed E-state index contributed by atoms with van der Waals surface area (Å²) in [5.41, 5.74) is 12.1. The fourth-order valence-electron chi connectivity index (χ4n) is 6.79. The van der Waals surface area contributed by atoms with E-state index in [-0.39, 0.29) is 5.41 Å². The predicted molar refractivity (Wildman–Crippen MR) is 196 cm³/mol. The van der Waals surface area contributed by atoms with E-state index in [0.29, 0.717) is 11.8 Å². The van der Waals surface area contributed by atoms with E-state index in [9.17, 15) is 0 Å². The summed E-state index contributed by atoms with van der Waals surface area (Å²) in [6.45, 7) is 29.1. The van der Waals surface area contributed by atoms with Crippen LogP contribution in [0.1, 0.15) is 95.0 Å². The lowest BCUT2D eigenvalue weighted by Crippen LogP contribution is -2.26. The highest BCUT2D eigenvalue weighted by molar-refractivity contribution is 7.09. The Bertz CT molecular complexity index is 1690. The van der Waals surface area contributed by atoms with E-state index in [4.69, 9.17) is 9.97 Å². The topological polar surface area (TPSA) is 42.7 Å². The van der Waals surface area contributed by atoms with Gasteiger partial charge in [-0.1, -0.05) is 45.1 Å². The van der Waals surface area contributed by atoms with Crippen molar-refractivity contribution in [3.05, 3.63) is 89.1 Å². The minimum absolute atomic E-state index is 0.0919. The van der Waals surface area contributed by atoms with Crippen LogP contribution in [-0.4, -0.2) is 27.6 Å². The van der Waals surface area contributed by atoms with E-state index >= 15 is 0 Å². The van der Waals surface area contributed by atoms with Crippen molar-refractivity contribution in [1.82, 2.24) is 19.9 Å². The molecule has 0 bridgehead atoms. The fraction of sp³-hybridized carbons (Fsp3) is 0.450. The lowest BCUT2D eigenvalue weighted by atomic mass is 9.79. The lowest BCUT2D eigenvalue weighted by molar-refractivity contribution is 0.334. The van der Waals surface area contributed by atoms with Crippen molar-refractivity contribution in [2.24, 2.45) is 11.3 Å². The quantitative estimate of drug-likeness (QED) is 0.151. The number of fused-ring (bicyclic) bond motifs is 1. The van der Waals surface area contributed by atoms with Crippen molar-refractivity contribution in [2.45, 2.75) is 92.5 Å². The van der Waals surface area contributed by atoms with Gasteiger partial charge in [0.05, 0.1) is 22.1 Å². The second kappa shape index (κ2) is 14.0. The Balaban J connectivity index is 1.72. The molecule has 45 heavy (non-hydrogen) atoms. The van der Waals surface area contributed by atoms with E-state index < -0.39 is 0 Å². The fourth-order valence-corrected chi connectivity index (χ4v) is 7.74. The molecule has 0 saturated carbocycles. The zero-order valence-corrected chi connectivity index (χ0v) is 29.2. The number of pyridine rings is 1. The summed E-state index contributed by atoms with van der Waals surface area (Å²) in [6.07, 6.45) is 10.5. The second-order valence-electron chi connectivity index (χ2n) is 14.1. The number of allylic oxidation sites excluding steroid dienone is 3. The van der Waals surface area contributed by atoms with E-state index in [1.165, 1.54) is 44.4 Å². The van der Waals surface area contributed by atoms with Crippen molar-refractivity contribution in [2.75, 3.05) is 13.1 Å². The molecule has 4 heterocycles. The molecule has 0 radical (unpaired) electrons. The van der Waals surface area contributed by atoms with Gasteiger partial charge in [-0.3, -0.25) is 4.98 Å². The van der Waals surface area contributed by atoms with Crippen molar-refractivity contribution in [3.63, 3.8) is 0 Å². The number of aromatic nitrogens is 3. The summed E-state index contributed by atoms with van der Waals surface area (Å²) < 4.78 is 2.52. The summed E-state index contributed by atoms with van der Waals surface area (Å²) in [5, 5.41) is 8.23. The summed E-state index contributed by atoms with van der Waals surface area (Å²) in [6, 6.07) is 9.42. The number of aryl methyl sites for hydroxylation is 1. The van der Waals surface area contributed by atoms with Crippen molar-refractivity contribution >= 4 is 27.8 Å². The monoisotopic (exact) mass is 620 g/mol. The summed E-state index contributed by atoms with van der Waals surface area (Å²) in [7, 11) is 0. The van der Waals surface area contributed by atoms with Crippen LogP contribution in [0.25, 0.3) is 39.0 Å². The number of thiazole rings is 1. The highest BCUT2D eigenvalue weighted by Gasteiger charge is 2.28. The zero-order chi connectivity index (χ0) is 32.3. The third-order valence-electron chi connectivity index (χ3n) is 9.49. The highest BCUT2D eigenvalue weighted by Crippen LogP contribution is 2.43. The maximum atomic E-state index is 5.11. The molecule has 1 fully saturated rings. The molecule has 4 aromatic rings. The largest absolute Gasteiger partial charge is 0.340 e. The third kappa shape index (κ3) is 7.42. The molecule has 0 spiro atoms. The first-order chi connectivity index (χ1) is 21.5. The van der Waals surface area contributed by atoms with Crippen LogP contribution < -0.4 is 5.32 Å². The molecule has 1 aliphatic heterocycles. The molecule has 1 aliphatic rings. The molecule has 0 aliphatic carbocycles. The Kier molecular flexibility index (Phi) is 10.3. The van der Waals surface area contributed by atoms with Crippen LogP contribution in [0.15, 0.2) is 67.2 Å². The summed E-state index contributed by atoms with van der Waals surface area (Å²) in [4.78, 5) is 10.2. The Labute approximate surface area is 275 Å². The van der Waals surface area contributed by atoms with Crippen LogP contribution in [0.4, 0.5) is 0 Å². The van der Waals surface area contributed by atoms with Gasteiger partial charge in [0, 0.05) is 46.6 Å². The van der Waals surface area contributed by atoms with Gasteiger partial charge in [0.15, 0.2) is 0 Å². The molecular weight excluding hydrogens is 569 g/mol. The molecule has 1 unspecified atom stereocenters. The third-order valence-corrected chi connectivity index (χ3v) is 10.4. The average Bonchev–Trinajstić information content (AvgIpc) is 3.61. The van der Waals surface area contributed by atoms with E-state index in [0.717, 1.165) is 80.1 Å². The SMILES string of the molecule is C=CC(C)Cc1nc(-c2ccc3c(c2)c(CC(C)(C)CCC(=C)C)c(-c2cc(C4CCNCC4)cnc2C(=C)C)n3CC)cs1.